The third-order valence-corrected chi connectivity index (χ3v) is 10.2. The predicted octanol–water partition coefficient (Wildman–Crippen LogP) is 4.14. The van der Waals surface area contributed by atoms with Crippen LogP contribution in [0.3, 0.4) is 0 Å². The van der Waals surface area contributed by atoms with Crippen LogP contribution in [-0.4, -0.2) is 49.6 Å². The number of hydrogen-bond acceptors (Lipinski definition) is 4. The van der Waals surface area contributed by atoms with E-state index in [0.717, 1.165) is 51.5 Å². The second kappa shape index (κ2) is 14.8. The van der Waals surface area contributed by atoms with E-state index < -0.39 is 0 Å². The summed E-state index contributed by atoms with van der Waals surface area (Å²) in [5.41, 5.74) is 43.5. The maximum atomic E-state index is 5.68. The lowest BCUT2D eigenvalue weighted by atomic mass is 9.61. The molecule has 0 saturated carbocycles. The van der Waals surface area contributed by atoms with Gasteiger partial charge in [-0.3, -0.25) is 15.0 Å². The number of aliphatic imine (C=N–C) groups is 3. The van der Waals surface area contributed by atoms with Crippen molar-refractivity contribution in [3.05, 3.63) is 95.1 Å². The van der Waals surface area contributed by atoms with Crippen LogP contribution in [0.2, 0.25) is 0 Å². The lowest BCUT2D eigenvalue weighted by Gasteiger charge is -2.50. The van der Waals surface area contributed by atoms with Crippen LogP contribution in [0.4, 0.5) is 5.69 Å². The summed E-state index contributed by atoms with van der Waals surface area (Å²) in [4.78, 5) is 15.2. The second-order valence-corrected chi connectivity index (χ2v) is 13.5. The summed E-state index contributed by atoms with van der Waals surface area (Å²) in [5.74, 6) is 0.415. The number of anilines is 1. The van der Waals surface area contributed by atoms with Crippen LogP contribution < -0.4 is 39.3 Å². The van der Waals surface area contributed by atoms with E-state index in [1.54, 1.807) is 0 Å². The van der Waals surface area contributed by atoms with Crippen molar-refractivity contribution in [1.29, 1.82) is 0 Å². The Labute approximate surface area is 285 Å². The highest BCUT2D eigenvalue weighted by Crippen LogP contribution is 2.59. The Hall–Kier alpha value is -4.99. The number of benzene rings is 3. The highest BCUT2D eigenvalue weighted by atomic mass is 15.2. The minimum atomic E-state index is -0.146. The van der Waals surface area contributed by atoms with Crippen molar-refractivity contribution in [1.82, 2.24) is 0 Å². The molecule has 0 saturated heterocycles. The lowest BCUT2D eigenvalue weighted by molar-refractivity contribution is 0.259. The van der Waals surface area contributed by atoms with Gasteiger partial charge in [0.2, 0.25) is 0 Å². The summed E-state index contributed by atoms with van der Waals surface area (Å²) in [6, 6.07) is 24.8. The Bertz CT molecular complexity index is 1710. The molecule has 0 fully saturated rings. The average molecular weight is 649 g/mol. The van der Waals surface area contributed by atoms with Gasteiger partial charge in [-0.2, -0.15) is 0 Å². The molecule has 254 valence electrons. The summed E-state index contributed by atoms with van der Waals surface area (Å²) in [6.07, 6.45) is 8.83. The van der Waals surface area contributed by atoms with Gasteiger partial charge in [-0.15, -0.1) is 0 Å². The van der Waals surface area contributed by atoms with Crippen LogP contribution in [0.15, 0.2) is 87.8 Å². The smallest absolute Gasteiger partial charge is 0.185 e. The van der Waals surface area contributed by atoms with Gasteiger partial charge >= 0.3 is 0 Å². The van der Waals surface area contributed by atoms with Crippen molar-refractivity contribution in [2.45, 2.75) is 69.7 Å². The maximum absolute atomic E-state index is 5.68. The molecule has 2 atom stereocenters. The fourth-order valence-electron chi connectivity index (χ4n) is 7.49. The molecule has 10 heteroatoms. The largest absolute Gasteiger partial charge is 0.370 e. The van der Waals surface area contributed by atoms with Crippen LogP contribution in [0.1, 0.15) is 68.2 Å². The van der Waals surface area contributed by atoms with Gasteiger partial charge in [0, 0.05) is 37.3 Å². The standard InChI is InChI=1S/C38H52N10/c1-37-17-16-31(29-13-4-9-27(23-29)11-6-19-46-35(41)42)25-38(37,2)48(21-7-20-47-36(43)44)33-24-30(14-15-32(33)37)28-12-3-8-26(22-28)10-5-18-45-34(39)40/h3-4,8-9,12-16,22-24H,5-7,10-11,17-21,25H2,1-2H3,(H4,39,40,45)(H4,41,42,46)(H4,43,44,47). The van der Waals surface area contributed by atoms with Gasteiger partial charge in [0.1, 0.15) is 0 Å². The Balaban J connectivity index is 1.44. The van der Waals surface area contributed by atoms with Crippen molar-refractivity contribution >= 4 is 29.1 Å². The van der Waals surface area contributed by atoms with Gasteiger partial charge in [-0.25, -0.2) is 0 Å². The molecule has 0 amide bonds. The molecule has 1 aliphatic heterocycles. The number of aryl methyl sites for hydroxylation is 2. The third kappa shape index (κ3) is 7.59. The predicted molar refractivity (Wildman–Crippen MR) is 202 cm³/mol. The minimum absolute atomic E-state index is 0.0640. The number of rotatable bonds is 14. The van der Waals surface area contributed by atoms with Crippen molar-refractivity contribution in [3.63, 3.8) is 0 Å². The molecule has 12 N–H and O–H groups in total. The quantitative estimate of drug-likeness (QED) is 0.0858. The highest BCUT2D eigenvalue weighted by molar-refractivity contribution is 5.80. The van der Waals surface area contributed by atoms with Gasteiger partial charge in [0.05, 0.1) is 5.54 Å². The molecule has 0 bridgehead atoms. The topological polar surface area (TPSA) is 196 Å². The summed E-state index contributed by atoms with van der Waals surface area (Å²) >= 11 is 0. The summed E-state index contributed by atoms with van der Waals surface area (Å²) in [7, 11) is 0. The highest BCUT2D eigenvalue weighted by Gasteiger charge is 2.57. The van der Waals surface area contributed by atoms with Gasteiger partial charge in [0.25, 0.3) is 0 Å². The van der Waals surface area contributed by atoms with Crippen LogP contribution >= 0.6 is 0 Å². The molecular weight excluding hydrogens is 596 g/mol. The van der Waals surface area contributed by atoms with E-state index in [2.05, 4.69) is 107 Å². The summed E-state index contributed by atoms with van der Waals surface area (Å²) in [6.45, 7) is 7.57. The zero-order valence-corrected chi connectivity index (χ0v) is 28.5. The Morgan fingerprint density at radius 1 is 0.667 bits per heavy atom. The fraction of sp³-hybridized carbons (Fsp3) is 0.395. The number of nitrogens with two attached hydrogens (primary N) is 6. The van der Waals surface area contributed by atoms with E-state index in [1.165, 1.54) is 44.6 Å². The molecule has 2 unspecified atom stereocenters. The van der Waals surface area contributed by atoms with Crippen molar-refractivity contribution in [2.24, 2.45) is 49.4 Å². The first-order valence-corrected chi connectivity index (χ1v) is 17.0. The number of guanidine groups is 3. The molecule has 1 heterocycles. The zero-order valence-electron chi connectivity index (χ0n) is 28.5. The van der Waals surface area contributed by atoms with E-state index in [1.807, 2.05) is 0 Å². The molecule has 2 aliphatic rings. The molecule has 0 spiro atoms. The average Bonchev–Trinajstić information content (AvgIpc) is 3.25. The van der Waals surface area contributed by atoms with E-state index in [9.17, 15) is 0 Å². The molecule has 0 radical (unpaired) electrons. The number of fused-ring (bicyclic) bond motifs is 3. The van der Waals surface area contributed by atoms with Gasteiger partial charge in [0.15, 0.2) is 17.9 Å². The van der Waals surface area contributed by atoms with Crippen LogP contribution in [0.25, 0.3) is 16.7 Å². The zero-order chi connectivity index (χ0) is 34.3. The third-order valence-electron chi connectivity index (χ3n) is 10.2. The van der Waals surface area contributed by atoms with E-state index in [-0.39, 0.29) is 28.8 Å². The van der Waals surface area contributed by atoms with Crippen molar-refractivity contribution < 1.29 is 0 Å². The van der Waals surface area contributed by atoms with Crippen LogP contribution in [0.5, 0.6) is 0 Å². The Morgan fingerprint density at radius 3 is 1.81 bits per heavy atom. The SMILES string of the molecule is CC12CC=C(c3cccc(CCCN=C(N)N)c3)CC1(C)N(CCCN=C(N)N)c1cc(-c3cccc(CCCN=C(N)N)c3)ccc12. The molecule has 5 rings (SSSR count). The van der Waals surface area contributed by atoms with Gasteiger partial charge in [-0.05, 0) is 96.9 Å². The first-order valence-electron chi connectivity index (χ1n) is 17.0. The molecule has 3 aromatic rings. The molecule has 1 aliphatic carbocycles. The second-order valence-electron chi connectivity index (χ2n) is 13.5. The van der Waals surface area contributed by atoms with Crippen molar-refractivity contribution in [2.75, 3.05) is 31.1 Å². The number of allylic oxidation sites excluding steroid dienone is 1. The molecule has 0 aromatic heterocycles. The van der Waals surface area contributed by atoms with E-state index >= 15 is 0 Å². The number of hydrogen-bond donors (Lipinski definition) is 6. The van der Waals surface area contributed by atoms with Gasteiger partial charge < -0.3 is 39.3 Å². The molecular formula is C38H52N10. The maximum Gasteiger partial charge on any atom is 0.185 e. The summed E-state index contributed by atoms with van der Waals surface area (Å²) in [5, 5.41) is 0. The Morgan fingerprint density at radius 2 is 1.21 bits per heavy atom. The van der Waals surface area contributed by atoms with Crippen LogP contribution in [0, 0.1) is 0 Å². The molecule has 3 aromatic carbocycles. The van der Waals surface area contributed by atoms with Crippen LogP contribution in [-0.2, 0) is 18.3 Å². The molecule has 48 heavy (non-hydrogen) atoms. The van der Waals surface area contributed by atoms with Crippen molar-refractivity contribution in [3.8, 4) is 11.1 Å². The lowest BCUT2D eigenvalue weighted by Crippen LogP contribution is -2.56. The fourth-order valence-corrected chi connectivity index (χ4v) is 7.49. The number of nitrogens with zero attached hydrogens (tertiary/aromatic N) is 4. The Kier molecular flexibility index (Phi) is 10.6. The first kappa shape index (κ1) is 34.3. The molecule has 10 nitrogen and oxygen atoms in total. The normalized spacial score (nSPS) is 19.5. The first-order chi connectivity index (χ1) is 23.0. The van der Waals surface area contributed by atoms with Gasteiger partial charge in [-0.1, -0.05) is 73.7 Å². The monoisotopic (exact) mass is 648 g/mol. The summed E-state index contributed by atoms with van der Waals surface area (Å²) < 4.78 is 0. The van der Waals surface area contributed by atoms with E-state index in [0.29, 0.717) is 19.6 Å². The minimum Gasteiger partial charge on any atom is -0.370 e. The van der Waals surface area contributed by atoms with E-state index in [4.69, 9.17) is 34.4 Å².